The molecule has 1 aromatic rings. The predicted molar refractivity (Wildman–Crippen MR) is 62.4 cm³/mol. The maximum absolute atomic E-state index is 10.6. The lowest BCUT2D eigenvalue weighted by Crippen LogP contribution is -2.36. The fourth-order valence-corrected chi connectivity index (χ4v) is 1.79. The van der Waals surface area contributed by atoms with Gasteiger partial charge in [-0.3, -0.25) is 10.1 Å². The van der Waals surface area contributed by atoms with E-state index >= 15 is 0 Å². The van der Waals surface area contributed by atoms with E-state index in [0.29, 0.717) is 32.0 Å². The molecular weight excluding hydrogens is 222 g/mol. The number of morpholine rings is 1. The van der Waals surface area contributed by atoms with Crippen LogP contribution in [0.1, 0.15) is 0 Å². The number of rotatable bonds is 2. The molecule has 1 fully saturated rings. The fourth-order valence-electron chi connectivity index (χ4n) is 1.79. The Morgan fingerprint density at radius 2 is 2.12 bits per heavy atom. The molecule has 0 amide bonds. The summed E-state index contributed by atoms with van der Waals surface area (Å²) >= 11 is 0. The summed E-state index contributed by atoms with van der Waals surface area (Å²) in [6.07, 6.45) is 0. The third kappa shape index (κ3) is 2.34. The summed E-state index contributed by atoms with van der Waals surface area (Å²) < 4.78 is 5.23. The Labute approximate surface area is 98.4 Å². The van der Waals surface area contributed by atoms with Crippen LogP contribution in [-0.4, -0.2) is 31.2 Å². The minimum atomic E-state index is -0.488. The first-order valence-electron chi connectivity index (χ1n) is 5.21. The quantitative estimate of drug-likeness (QED) is 0.445. The number of nitro benzene ring substituents is 1. The molecule has 1 saturated heterocycles. The number of benzene rings is 1. The van der Waals surface area contributed by atoms with Gasteiger partial charge in [0.15, 0.2) is 0 Å². The number of nitrogens with zero attached hydrogens (tertiary/aromatic N) is 3. The number of hydrogen-bond acceptors (Lipinski definition) is 4. The molecule has 17 heavy (non-hydrogen) atoms. The molecule has 1 aromatic carbocycles. The van der Waals surface area contributed by atoms with E-state index in [1.165, 1.54) is 12.1 Å². The molecule has 0 saturated carbocycles. The van der Waals surface area contributed by atoms with Crippen LogP contribution in [0, 0.1) is 16.7 Å². The summed E-state index contributed by atoms with van der Waals surface area (Å²) in [7, 11) is 0. The molecular formula is C11H11N3O3. The van der Waals surface area contributed by atoms with Gasteiger partial charge in [0.2, 0.25) is 5.69 Å². The van der Waals surface area contributed by atoms with Crippen LogP contribution in [-0.2, 0) is 4.74 Å². The first kappa shape index (κ1) is 11.4. The summed E-state index contributed by atoms with van der Waals surface area (Å²) in [6.45, 7) is 9.74. The van der Waals surface area contributed by atoms with Gasteiger partial charge in [0.25, 0.3) is 5.69 Å². The van der Waals surface area contributed by atoms with Crippen LogP contribution < -0.4 is 4.90 Å². The van der Waals surface area contributed by atoms with E-state index < -0.39 is 4.92 Å². The predicted octanol–water partition coefficient (Wildman–Crippen LogP) is 1.98. The van der Waals surface area contributed by atoms with Crippen LogP contribution in [0.4, 0.5) is 17.1 Å². The van der Waals surface area contributed by atoms with Gasteiger partial charge in [-0.05, 0) is 6.07 Å². The molecule has 0 aliphatic carbocycles. The molecule has 0 unspecified atom stereocenters. The second-order valence-electron chi connectivity index (χ2n) is 3.64. The zero-order chi connectivity index (χ0) is 12.3. The second kappa shape index (κ2) is 4.80. The summed E-state index contributed by atoms with van der Waals surface area (Å²) in [5.74, 6) is 0. The van der Waals surface area contributed by atoms with E-state index in [4.69, 9.17) is 11.3 Å². The maximum atomic E-state index is 10.6. The summed E-state index contributed by atoms with van der Waals surface area (Å²) in [5, 5.41) is 10.6. The lowest BCUT2D eigenvalue weighted by atomic mass is 10.2. The third-order valence-electron chi connectivity index (χ3n) is 2.64. The first-order valence-corrected chi connectivity index (χ1v) is 5.21. The van der Waals surface area contributed by atoms with Crippen LogP contribution >= 0.6 is 0 Å². The highest BCUT2D eigenvalue weighted by Crippen LogP contribution is 2.32. The highest BCUT2D eigenvalue weighted by Gasteiger charge is 2.17. The minimum Gasteiger partial charge on any atom is -0.378 e. The molecule has 0 N–H and O–H groups in total. The summed E-state index contributed by atoms with van der Waals surface area (Å²) in [4.78, 5) is 15.5. The van der Waals surface area contributed by atoms with E-state index in [1.54, 1.807) is 6.07 Å². The Morgan fingerprint density at radius 3 is 2.71 bits per heavy atom. The van der Waals surface area contributed by atoms with Gasteiger partial charge < -0.3 is 9.64 Å². The van der Waals surface area contributed by atoms with Crippen molar-refractivity contribution in [2.75, 3.05) is 31.2 Å². The SMILES string of the molecule is [C-]#[N+]c1cc([N+](=O)[O-])ccc1N1CCOCC1. The lowest BCUT2D eigenvalue weighted by molar-refractivity contribution is -0.384. The van der Waals surface area contributed by atoms with Crippen molar-refractivity contribution in [1.29, 1.82) is 0 Å². The van der Waals surface area contributed by atoms with Crippen molar-refractivity contribution in [2.24, 2.45) is 0 Å². The lowest BCUT2D eigenvalue weighted by Gasteiger charge is -2.29. The largest absolute Gasteiger partial charge is 0.378 e. The van der Waals surface area contributed by atoms with E-state index in [9.17, 15) is 10.1 Å². The highest BCUT2D eigenvalue weighted by atomic mass is 16.6. The molecule has 0 radical (unpaired) electrons. The Hall–Kier alpha value is -2.13. The van der Waals surface area contributed by atoms with E-state index in [2.05, 4.69) is 4.85 Å². The van der Waals surface area contributed by atoms with Gasteiger partial charge in [0, 0.05) is 30.9 Å². The zero-order valence-corrected chi connectivity index (χ0v) is 9.13. The molecule has 6 nitrogen and oxygen atoms in total. The van der Waals surface area contributed by atoms with Crippen molar-refractivity contribution < 1.29 is 9.66 Å². The molecule has 0 bridgehead atoms. The molecule has 88 valence electrons. The molecule has 1 aliphatic rings. The van der Waals surface area contributed by atoms with Crippen LogP contribution in [0.15, 0.2) is 18.2 Å². The average Bonchev–Trinajstić information content (AvgIpc) is 2.39. The molecule has 1 heterocycles. The third-order valence-corrected chi connectivity index (χ3v) is 2.64. The number of ether oxygens (including phenoxy) is 1. The van der Waals surface area contributed by atoms with Crippen LogP contribution in [0.25, 0.3) is 4.85 Å². The normalized spacial score (nSPS) is 15.4. The van der Waals surface area contributed by atoms with Gasteiger partial charge in [0.1, 0.15) is 0 Å². The van der Waals surface area contributed by atoms with Crippen LogP contribution in [0.5, 0.6) is 0 Å². The first-order chi connectivity index (χ1) is 8.22. The zero-order valence-electron chi connectivity index (χ0n) is 9.13. The van der Waals surface area contributed by atoms with Gasteiger partial charge in [-0.25, -0.2) is 4.85 Å². The molecule has 0 aromatic heterocycles. The number of nitro groups is 1. The van der Waals surface area contributed by atoms with Gasteiger partial charge in [-0.2, -0.15) is 0 Å². The molecule has 6 heteroatoms. The van der Waals surface area contributed by atoms with E-state index in [1.807, 2.05) is 4.90 Å². The Balaban J connectivity index is 2.34. The second-order valence-corrected chi connectivity index (χ2v) is 3.64. The standard InChI is InChI=1S/C11H11N3O3/c1-12-10-8-9(14(15)16)2-3-11(10)13-4-6-17-7-5-13/h2-3,8H,4-7H2. The van der Waals surface area contributed by atoms with Gasteiger partial charge in [0.05, 0.1) is 24.7 Å². The Morgan fingerprint density at radius 1 is 1.41 bits per heavy atom. The van der Waals surface area contributed by atoms with Crippen molar-refractivity contribution in [3.63, 3.8) is 0 Å². The van der Waals surface area contributed by atoms with Gasteiger partial charge in [-0.1, -0.05) is 0 Å². The summed E-state index contributed by atoms with van der Waals surface area (Å²) in [5.41, 5.74) is 1.02. The number of non-ortho nitro benzene ring substituents is 1. The van der Waals surface area contributed by atoms with E-state index in [0.717, 1.165) is 5.69 Å². The fraction of sp³-hybridized carbons (Fsp3) is 0.364. The molecule has 0 spiro atoms. The molecule has 0 atom stereocenters. The molecule has 2 rings (SSSR count). The number of hydrogen-bond donors (Lipinski definition) is 0. The average molecular weight is 233 g/mol. The minimum absolute atomic E-state index is 0.0481. The monoisotopic (exact) mass is 233 g/mol. The van der Waals surface area contributed by atoms with Crippen molar-refractivity contribution in [3.05, 3.63) is 39.7 Å². The van der Waals surface area contributed by atoms with Crippen LogP contribution in [0.3, 0.4) is 0 Å². The smallest absolute Gasteiger partial charge is 0.259 e. The Kier molecular flexibility index (Phi) is 3.21. The van der Waals surface area contributed by atoms with Crippen molar-refractivity contribution in [3.8, 4) is 0 Å². The highest BCUT2D eigenvalue weighted by molar-refractivity contribution is 5.73. The van der Waals surface area contributed by atoms with Crippen molar-refractivity contribution >= 4 is 17.1 Å². The number of anilines is 1. The molecule has 1 aliphatic heterocycles. The van der Waals surface area contributed by atoms with Crippen molar-refractivity contribution in [1.82, 2.24) is 0 Å². The maximum Gasteiger partial charge on any atom is 0.259 e. The van der Waals surface area contributed by atoms with Crippen LogP contribution in [0.2, 0.25) is 0 Å². The topological polar surface area (TPSA) is 60.0 Å². The van der Waals surface area contributed by atoms with E-state index in [-0.39, 0.29) is 5.69 Å². The van der Waals surface area contributed by atoms with Gasteiger partial charge in [-0.15, -0.1) is 0 Å². The van der Waals surface area contributed by atoms with Crippen molar-refractivity contribution in [2.45, 2.75) is 0 Å². The Bertz CT molecular complexity index is 475. The van der Waals surface area contributed by atoms with Gasteiger partial charge >= 0.3 is 0 Å². The summed E-state index contributed by atoms with van der Waals surface area (Å²) in [6, 6.07) is 4.38.